The fourth-order valence-corrected chi connectivity index (χ4v) is 2.10. The average Bonchev–Trinajstić information content (AvgIpc) is 2.47. The van der Waals surface area contributed by atoms with Crippen molar-refractivity contribution in [2.24, 2.45) is 0 Å². The molecule has 0 aliphatic heterocycles. The van der Waals surface area contributed by atoms with Crippen molar-refractivity contribution in [2.75, 3.05) is 30.0 Å². The third kappa shape index (κ3) is 3.16. The number of amides is 1. The van der Waals surface area contributed by atoms with Crippen molar-refractivity contribution in [1.82, 2.24) is 0 Å². The molecule has 2 aromatic carbocycles. The molecule has 3 N–H and O–H groups in total. The first-order valence-corrected chi connectivity index (χ1v) is 6.84. The fourth-order valence-electron chi connectivity index (χ4n) is 2.10. The zero-order valence-electron chi connectivity index (χ0n) is 12.9. The highest BCUT2D eigenvalue weighted by atomic mass is 16.1. The number of hydrogen-bond acceptors (Lipinski definition) is 3. The Bertz CT molecular complexity index is 660. The maximum Gasteiger partial charge on any atom is 0.255 e. The van der Waals surface area contributed by atoms with Crippen LogP contribution in [0.25, 0.3) is 0 Å². The molecule has 0 radical (unpaired) electrons. The van der Waals surface area contributed by atoms with E-state index >= 15 is 0 Å². The van der Waals surface area contributed by atoms with Crippen LogP contribution in [0.4, 0.5) is 17.1 Å². The predicted molar refractivity (Wildman–Crippen MR) is 89.1 cm³/mol. The highest BCUT2D eigenvalue weighted by molar-refractivity contribution is 6.06. The second-order valence-electron chi connectivity index (χ2n) is 5.37. The highest BCUT2D eigenvalue weighted by Crippen LogP contribution is 2.26. The van der Waals surface area contributed by atoms with E-state index in [1.165, 1.54) is 0 Å². The van der Waals surface area contributed by atoms with Gasteiger partial charge in [0, 0.05) is 25.3 Å². The van der Waals surface area contributed by atoms with E-state index < -0.39 is 0 Å². The molecule has 0 bridgehead atoms. The molecule has 0 saturated carbocycles. The standard InChI is InChI=1S/C17H21N3O/c1-11-5-10-15(18)16(12(11)2)19-17(21)13-6-8-14(9-7-13)20(3)4/h5-10H,18H2,1-4H3,(H,19,21). The summed E-state index contributed by atoms with van der Waals surface area (Å²) in [6.07, 6.45) is 0. The molecule has 0 saturated heterocycles. The fraction of sp³-hybridized carbons (Fsp3) is 0.235. The van der Waals surface area contributed by atoms with E-state index in [1.54, 1.807) is 0 Å². The summed E-state index contributed by atoms with van der Waals surface area (Å²) in [4.78, 5) is 14.3. The van der Waals surface area contributed by atoms with Gasteiger partial charge in [0.25, 0.3) is 5.91 Å². The molecule has 0 fully saturated rings. The van der Waals surface area contributed by atoms with Gasteiger partial charge in [-0.05, 0) is 55.3 Å². The quantitative estimate of drug-likeness (QED) is 0.850. The Balaban J connectivity index is 2.24. The molecule has 2 rings (SSSR count). The molecule has 0 heterocycles. The van der Waals surface area contributed by atoms with Gasteiger partial charge in [-0.2, -0.15) is 0 Å². The Morgan fingerprint density at radius 2 is 1.67 bits per heavy atom. The number of rotatable bonds is 3. The Morgan fingerprint density at radius 3 is 2.24 bits per heavy atom. The van der Waals surface area contributed by atoms with Crippen LogP contribution in [0.5, 0.6) is 0 Å². The minimum atomic E-state index is -0.152. The average molecular weight is 283 g/mol. The Morgan fingerprint density at radius 1 is 1.05 bits per heavy atom. The van der Waals surface area contributed by atoms with E-state index in [1.807, 2.05) is 69.2 Å². The second kappa shape index (κ2) is 5.87. The molecular weight excluding hydrogens is 262 g/mol. The van der Waals surface area contributed by atoms with E-state index in [-0.39, 0.29) is 5.91 Å². The molecule has 1 amide bonds. The molecule has 0 aliphatic rings. The summed E-state index contributed by atoms with van der Waals surface area (Å²) in [6, 6.07) is 11.2. The minimum Gasteiger partial charge on any atom is -0.397 e. The SMILES string of the molecule is Cc1ccc(N)c(NC(=O)c2ccc(N(C)C)cc2)c1C. The number of benzene rings is 2. The first-order valence-electron chi connectivity index (χ1n) is 6.84. The van der Waals surface area contributed by atoms with Gasteiger partial charge in [-0.25, -0.2) is 0 Å². The summed E-state index contributed by atoms with van der Waals surface area (Å²) in [5, 5.41) is 2.91. The number of carbonyl (C=O) groups is 1. The summed E-state index contributed by atoms with van der Waals surface area (Å²) in [6.45, 7) is 3.95. The molecular formula is C17H21N3O. The van der Waals surface area contributed by atoms with Crippen LogP contribution in [-0.2, 0) is 0 Å². The topological polar surface area (TPSA) is 58.4 Å². The van der Waals surface area contributed by atoms with Crippen LogP contribution in [0.15, 0.2) is 36.4 Å². The van der Waals surface area contributed by atoms with E-state index in [0.29, 0.717) is 16.9 Å². The monoisotopic (exact) mass is 283 g/mol. The van der Waals surface area contributed by atoms with Crippen LogP contribution in [0.3, 0.4) is 0 Å². The zero-order valence-corrected chi connectivity index (χ0v) is 12.9. The zero-order chi connectivity index (χ0) is 15.6. The third-order valence-corrected chi connectivity index (χ3v) is 3.65. The third-order valence-electron chi connectivity index (χ3n) is 3.65. The lowest BCUT2D eigenvalue weighted by atomic mass is 10.1. The number of anilines is 3. The van der Waals surface area contributed by atoms with Gasteiger partial charge in [0.2, 0.25) is 0 Å². The number of nitrogens with two attached hydrogens (primary N) is 1. The Labute approximate surface area is 125 Å². The van der Waals surface area contributed by atoms with Crippen molar-refractivity contribution in [1.29, 1.82) is 0 Å². The molecule has 110 valence electrons. The number of carbonyl (C=O) groups excluding carboxylic acids is 1. The number of nitrogens with one attached hydrogen (secondary N) is 1. The molecule has 0 unspecified atom stereocenters. The molecule has 0 aliphatic carbocycles. The maximum absolute atomic E-state index is 12.3. The van der Waals surface area contributed by atoms with Crippen LogP contribution in [0.1, 0.15) is 21.5 Å². The number of nitrogen functional groups attached to an aromatic ring is 1. The smallest absolute Gasteiger partial charge is 0.255 e. The van der Waals surface area contributed by atoms with E-state index in [2.05, 4.69) is 5.32 Å². The van der Waals surface area contributed by atoms with Crippen LogP contribution in [0, 0.1) is 13.8 Å². The van der Waals surface area contributed by atoms with E-state index in [0.717, 1.165) is 16.8 Å². The van der Waals surface area contributed by atoms with Gasteiger partial charge in [0.1, 0.15) is 0 Å². The normalized spacial score (nSPS) is 10.3. The summed E-state index contributed by atoms with van der Waals surface area (Å²) >= 11 is 0. The summed E-state index contributed by atoms with van der Waals surface area (Å²) in [5.41, 5.74) is 11.0. The second-order valence-corrected chi connectivity index (χ2v) is 5.37. The maximum atomic E-state index is 12.3. The van der Waals surface area contributed by atoms with Crippen molar-refractivity contribution < 1.29 is 4.79 Å². The van der Waals surface area contributed by atoms with Gasteiger partial charge in [0.15, 0.2) is 0 Å². The largest absolute Gasteiger partial charge is 0.397 e. The lowest BCUT2D eigenvalue weighted by Crippen LogP contribution is -2.15. The number of aryl methyl sites for hydroxylation is 1. The van der Waals surface area contributed by atoms with Crippen molar-refractivity contribution in [3.05, 3.63) is 53.1 Å². The predicted octanol–water partition coefficient (Wildman–Crippen LogP) is 3.20. The molecule has 4 heteroatoms. The van der Waals surface area contributed by atoms with Crippen LogP contribution in [0.2, 0.25) is 0 Å². The molecule has 0 spiro atoms. The molecule has 4 nitrogen and oxygen atoms in total. The molecule has 0 atom stereocenters. The van der Waals surface area contributed by atoms with E-state index in [4.69, 9.17) is 5.73 Å². The van der Waals surface area contributed by atoms with E-state index in [9.17, 15) is 4.79 Å². The van der Waals surface area contributed by atoms with Crippen LogP contribution >= 0.6 is 0 Å². The molecule has 21 heavy (non-hydrogen) atoms. The lowest BCUT2D eigenvalue weighted by molar-refractivity contribution is 0.102. The molecule has 0 aromatic heterocycles. The summed E-state index contributed by atoms with van der Waals surface area (Å²) in [7, 11) is 3.93. The first-order chi connectivity index (χ1) is 9.90. The highest BCUT2D eigenvalue weighted by Gasteiger charge is 2.11. The Hall–Kier alpha value is -2.49. The van der Waals surface area contributed by atoms with Crippen molar-refractivity contribution >= 4 is 23.0 Å². The van der Waals surface area contributed by atoms with Crippen LogP contribution < -0.4 is 16.0 Å². The van der Waals surface area contributed by atoms with Crippen LogP contribution in [-0.4, -0.2) is 20.0 Å². The number of nitrogens with zero attached hydrogens (tertiary/aromatic N) is 1. The van der Waals surface area contributed by atoms with Gasteiger partial charge in [-0.3, -0.25) is 4.79 Å². The van der Waals surface area contributed by atoms with Crippen molar-refractivity contribution in [2.45, 2.75) is 13.8 Å². The Kier molecular flexibility index (Phi) is 4.17. The molecule has 2 aromatic rings. The van der Waals surface area contributed by atoms with Gasteiger partial charge < -0.3 is 16.0 Å². The first kappa shape index (κ1) is 14.9. The van der Waals surface area contributed by atoms with Crippen molar-refractivity contribution in [3.8, 4) is 0 Å². The summed E-state index contributed by atoms with van der Waals surface area (Å²) in [5.74, 6) is -0.152. The van der Waals surface area contributed by atoms with Gasteiger partial charge in [-0.15, -0.1) is 0 Å². The minimum absolute atomic E-state index is 0.152. The number of hydrogen-bond donors (Lipinski definition) is 2. The van der Waals surface area contributed by atoms with Gasteiger partial charge in [-0.1, -0.05) is 6.07 Å². The van der Waals surface area contributed by atoms with Crippen molar-refractivity contribution in [3.63, 3.8) is 0 Å². The summed E-state index contributed by atoms with van der Waals surface area (Å²) < 4.78 is 0. The van der Waals surface area contributed by atoms with Gasteiger partial charge in [0.05, 0.1) is 11.4 Å². The van der Waals surface area contributed by atoms with Gasteiger partial charge >= 0.3 is 0 Å². The lowest BCUT2D eigenvalue weighted by Gasteiger charge is -2.15.